The van der Waals surface area contributed by atoms with Crippen LogP contribution in [0, 0.1) is 42.0 Å². The Labute approximate surface area is 279 Å². The summed E-state index contributed by atoms with van der Waals surface area (Å²) in [6.07, 6.45) is -2.09. The number of rotatable bonds is 10. The summed E-state index contributed by atoms with van der Waals surface area (Å²) in [7, 11) is 0. The molecule has 0 unspecified atom stereocenters. The predicted molar refractivity (Wildman–Crippen MR) is 167 cm³/mol. The molecule has 0 spiro atoms. The molecule has 15 heteroatoms. The number of hydroxylamine groups is 1. The number of carbonyl (C=O) groups is 2. The highest BCUT2D eigenvalue weighted by Gasteiger charge is 2.33. The first-order chi connectivity index (χ1) is 21.3. The summed E-state index contributed by atoms with van der Waals surface area (Å²) in [5, 5.41) is 18.4. The van der Waals surface area contributed by atoms with E-state index in [1.807, 2.05) is 28.1 Å². The second-order valence-electron chi connectivity index (χ2n) is 9.37. The lowest BCUT2D eigenvalue weighted by atomic mass is 9.96. The second-order valence-corrected chi connectivity index (χ2v) is 11.9. The number of carbonyl (C=O) groups excluding carboxylic acids is 2. The first-order valence-electron chi connectivity index (χ1n) is 12.7. The molecule has 0 aliphatic carbocycles. The van der Waals surface area contributed by atoms with Gasteiger partial charge in [0.1, 0.15) is 30.0 Å². The van der Waals surface area contributed by atoms with Crippen molar-refractivity contribution in [1.82, 2.24) is 5.48 Å². The lowest BCUT2D eigenvalue weighted by molar-refractivity contribution is -0.0295. The molecule has 0 aliphatic heterocycles. The SMILES string of the molecule is O=C(NOC[C@H](O)CO)c1ccc(F)c(F)c1N(C(=O)c1ccc(F)c(F)c1Cc1ccc(I)cc1F)c1ccc(I)cc1F. The summed E-state index contributed by atoms with van der Waals surface area (Å²) < 4.78 is 91.2. The highest BCUT2D eigenvalue weighted by atomic mass is 127. The van der Waals surface area contributed by atoms with Gasteiger partial charge in [0, 0.05) is 24.7 Å². The van der Waals surface area contributed by atoms with Crippen molar-refractivity contribution in [2.45, 2.75) is 12.5 Å². The summed E-state index contributed by atoms with van der Waals surface area (Å²) >= 11 is 3.58. The Morgan fingerprint density at radius 3 is 2.02 bits per heavy atom. The van der Waals surface area contributed by atoms with Crippen molar-refractivity contribution in [1.29, 1.82) is 0 Å². The number of nitrogens with one attached hydrogen (secondary N) is 1. The summed E-state index contributed by atoms with van der Waals surface area (Å²) in [5.74, 6) is -11.0. The minimum absolute atomic E-state index is 0.139. The van der Waals surface area contributed by atoms with Crippen molar-refractivity contribution in [3.63, 3.8) is 0 Å². The highest BCUT2D eigenvalue weighted by molar-refractivity contribution is 14.1. The van der Waals surface area contributed by atoms with E-state index in [4.69, 9.17) is 9.94 Å². The average molecular weight is 856 g/mol. The topological polar surface area (TPSA) is 99.1 Å². The first kappa shape index (κ1) is 34.6. The molecule has 4 rings (SSSR count). The zero-order valence-electron chi connectivity index (χ0n) is 22.6. The molecule has 0 bridgehead atoms. The predicted octanol–water partition coefficient (Wildman–Crippen LogP) is 6.31. The largest absolute Gasteiger partial charge is 0.394 e. The Kier molecular flexibility index (Phi) is 11.5. The Balaban J connectivity index is 1.93. The molecule has 236 valence electrons. The average Bonchev–Trinajstić information content (AvgIpc) is 2.99. The minimum Gasteiger partial charge on any atom is -0.394 e. The molecule has 0 saturated carbocycles. The van der Waals surface area contributed by atoms with Crippen LogP contribution in [0.4, 0.5) is 37.7 Å². The van der Waals surface area contributed by atoms with E-state index in [1.54, 1.807) is 22.6 Å². The number of aliphatic hydroxyl groups excluding tert-OH is 2. The van der Waals surface area contributed by atoms with Crippen molar-refractivity contribution in [2.24, 2.45) is 0 Å². The molecule has 1 atom stereocenters. The normalized spacial score (nSPS) is 11.8. The van der Waals surface area contributed by atoms with Gasteiger partial charge in [0.15, 0.2) is 23.3 Å². The number of hydrogen-bond acceptors (Lipinski definition) is 5. The maximum absolute atomic E-state index is 15.7. The molecule has 0 radical (unpaired) electrons. The maximum Gasteiger partial charge on any atom is 0.277 e. The van der Waals surface area contributed by atoms with E-state index in [0.29, 0.717) is 19.3 Å². The van der Waals surface area contributed by atoms with Gasteiger partial charge in [0.2, 0.25) is 0 Å². The van der Waals surface area contributed by atoms with Crippen LogP contribution in [0.3, 0.4) is 0 Å². The van der Waals surface area contributed by atoms with Crippen LogP contribution < -0.4 is 10.4 Å². The smallest absolute Gasteiger partial charge is 0.277 e. The van der Waals surface area contributed by atoms with E-state index in [2.05, 4.69) is 0 Å². The van der Waals surface area contributed by atoms with Crippen LogP contribution in [0.5, 0.6) is 0 Å². The molecule has 0 aliphatic rings. The highest BCUT2D eigenvalue weighted by Crippen LogP contribution is 2.37. The lowest BCUT2D eigenvalue weighted by Crippen LogP contribution is -2.34. The van der Waals surface area contributed by atoms with Crippen molar-refractivity contribution < 1.29 is 51.0 Å². The fourth-order valence-corrected chi connectivity index (χ4v) is 5.10. The van der Waals surface area contributed by atoms with Gasteiger partial charge in [-0.3, -0.25) is 19.3 Å². The van der Waals surface area contributed by atoms with Gasteiger partial charge in [-0.25, -0.2) is 31.8 Å². The lowest BCUT2D eigenvalue weighted by Gasteiger charge is -2.27. The van der Waals surface area contributed by atoms with E-state index in [1.165, 1.54) is 18.2 Å². The van der Waals surface area contributed by atoms with Crippen molar-refractivity contribution >= 4 is 68.4 Å². The third-order valence-electron chi connectivity index (χ3n) is 6.35. The summed E-state index contributed by atoms with van der Waals surface area (Å²) in [6.45, 7) is -1.35. The number of anilines is 2. The fourth-order valence-electron chi connectivity index (χ4n) is 4.19. The van der Waals surface area contributed by atoms with Crippen molar-refractivity contribution in [3.8, 4) is 0 Å². The van der Waals surface area contributed by atoms with Crippen LogP contribution >= 0.6 is 45.2 Å². The Hall–Kier alpha value is -3.26. The molecule has 0 aromatic heterocycles. The summed E-state index contributed by atoms with van der Waals surface area (Å²) in [4.78, 5) is 32.4. The third-order valence-corrected chi connectivity index (χ3v) is 7.69. The standard InChI is InChI=1S/C30H20F6I2N2O5/c31-21-6-4-18(20(26(21)35)9-14-1-2-15(37)10-23(14)33)30(44)40(25-8-3-16(38)11-24(25)34)28-19(5-7-22(32)27(28)36)29(43)39-45-13-17(42)12-41/h1-8,10-11,17,41-42H,9,12-13H2,(H,39,43)/t17-/m1/s1. The third kappa shape index (κ3) is 7.76. The quantitative estimate of drug-likeness (QED) is 0.0988. The van der Waals surface area contributed by atoms with Crippen LogP contribution in [-0.4, -0.2) is 41.3 Å². The van der Waals surface area contributed by atoms with Gasteiger partial charge >= 0.3 is 0 Å². The van der Waals surface area contributed by atoms with E-state index in [0.717, 1.165) is 30.3 Å². The van der Waals surface area contributed by atoms with E-state index in [9.17, 15) is 27.9 Å². The number of halogens is 8. The van der Waals surface area contributed by atoms with Gasteiger partial charge in [0.05, 0.1) is 17.9 Å². The molecular weight excluding hydrogens is 836 g/mol. The number of amides is 2. The fraction of sp³-hybridized carbons (Fsp3) is 0.133. The van der Waals surface area contributed by atoms with Gasteiger partial charge in [0.25, 0.3) is 11.8 Å². The van der Waals surface area contributed by atoms with Crippen LogP contribution in [0.25, 0.3) is 0 Å². The van der Waals surface area contributed by atoms with E-state index in [-0.39, 0.29) is 10.5 Å². The first-order valence-corrected chi connectivity index (χ1v) is 14.9. The number of benzene rings is 4. The molecule has 4 aromatic carbocycles. The van der Waals surface area contributed by atoms with Crippen molar-refractivity contribution in [3.05, 3.63) is 125 Å². The molecule has 4 aromatic rings. The molecule has 3 N–H and O–H groups in total. The Morgan fingerprint density at radius 1 is 0.800 bits per heavy atom. The molecule has 45 heavy (non-hydrogen) atoms. The van der Waals surface area contributed by atoms with Gasteiger partial charge in [-0.1, -0.05) is 6.07 Å². The number of hydrogen-bond donors (Lipinski definition) is 3. The van der Waals surface area contributed by atoms with Crippen molar-refractivity contribution in [2.75, 3.05) is 18.1 Å². The Morgan fingerprint density at radius 2 is 1.40 bits per heavy atom. The molecule has 0 fully saturated rings. The number of nitrogens with zero attached hydrogens (tertiary/aromatic N) is 1. The number of aliphatic hydroxyl groups is 2. The molecule has 0 saturated heterocycles. The monoisotopic (exact) mass is 856 g/mol. The molecule has 7 nitrogen and oxygen atoms in total. The van der Waals surface area contributed by atoms with Crippen LogP contribution in [-0.2, 0) is 11.3 Å². The van der Waals surface area contributed by atoms with Crippen LogP contribution in [0.15, 0.2) is 60.7 Å². The van der Waals surface area contributed by atoms with Crippen LogP contribution in [0.2, 0.25) is 0 Å². The zero-order valence-corrected chi connectivity index (χ0v) is 26.9. The summed E-state index contributed by atoms with van der Waals surface area (Å²) in [5.41, 5.74) is -2.25. The zero-order chi connectivity index (χ0) is 33.0. The van der Waals surface area contributed by atoms with Gasteiger partial charge in [-0.2, -0.15) is 0 Å². The van der Waals surface area contributed by atoms with E-state index < -0.39 is 101 Å². The molecule has 0 heterocycles. The molecule has 2 amide bonds. The second kappa shape index (κ2) is 14.9. The van der Waals surface area contributed by atoms with Crippen LogP contribution in [0.1, 0.15) is 31.8 Å². The Bertz CT molecular complexity index is 1780. The van der Waals surface area contributed by atoms with E-state index >= 15 is 13.2 Å². The van der Waals surface area contributed by atoms with Gasteiger partial charge < -0.3 is 10.2 Å². The minimum atomic E-state index is -1.79. The van der Waals surface area contributed by atoms with Gasteiger partial charge in [-0.05, 0) is 105 Å². The van der Waals surface area contributed by atoms with Gasteiger partial charge in [-0.15, -0.1) is 0 Å². The maximum atomic E-state index is 15.7. The summed E-state index contributed by atoms with van der Waals surface area (Å²) in [6, 6.07) is 9.86. The molecular formula is C30H20F6I2N2O5.